The lowest BCUT2D eigenvalue weighted by Crippen LogP contribution is -2.57. The summed E-state index contributed by atoms with van der Waals surface area (Å²) >= 11 is 18.8. The summed E-state index contributed by atoms with van der Waals surface area (Å²) in [5, 5.41) is 11.9. The lowest BCUT2D eigenvalue weighted by Gasteiger charge is -2.46. The van der Waals surface area contributed by atoms with Crippen LogP contribution >= 0.6 is 34.8 Å². The molecule has 4 unspecified atom stereocenters. The molecule has 1 heterocycles. The van der Waals surface area contributed by atoms with Crippen molar-refractivity contribution in [2.75, 3.05) is 5.01 Å². The molecule has 0 spiro atoms. The zero-order valence-corrected chi connectivity index (χ0v) is 20.5. The topological polar surface area (TPSA) is 44.7 Å². The first-order valence-corrected chi connectivity index (χ1v) is 12.9. The summed E-state index contributed by atoms with van der Waals surface area (Å²) in [6, 6.07) is 12.9. The van der Waals surface area contributed by atoms with Gasteiger partial charge in [-0.1, -0.05) is 53.4 Å². The molecule has 2 aromatic carbocycles. The number of anilines is 1. The van der Waals surface area contributed by atoms with Crippen LogP contribution < -0.4 is 10.3 Å². The minimum Gasteiger partial charge on any atom is -0.345 e. The molecule has 3 fully saturated rings. The standard InChI is InChI=1S/C26H26Cl3N3O/c27-18-5-3-16(4-6-18)24-13-22(31-32(24)23-8-7-19(28)12-21(23)29)25(33)30-26-9-1-2-17-10-15(14-26)11-20(17)26/h3-8,12,15,17,20,24H,1-2,9-11,13-14H2,(H,30,33)/t15?,17?,20?,24-,26?/m1/s1. The van der Waals surface area contributed by atoms with Crippen LogP contribution in [-0.2, 0) is 4.79 Å². The van der Waals surface area contributed by atoms with E-state index in [0.29, 0.717) is 33.1 Å². The first-order chi connectivity index (χ1) is 15.9. The van der Waals surface area contributed by atoms with Crippen molar-refractivity contribution in [1.29, 1.82) is 0 Å². The van der Waals surface area contributed by atoms with Gasteiger partial charge in [0.15, 0.2) is 0 Å². The first kappa shape index (κ1) is 21.8. The number of fused-ring (bicyclic) bond motifs is 1. The second-order valence-corrected chi connectivity index (χ2v) is 11.4. The predicted molar refractivity (Wildman–Crippen MR) is 134 cm³/mol. The molecular weight excluding hydrogens is 477 g/mol. The molecule has 0 aromatic heterocycles. The van der Waals surface area contributed by atoms with E-state index in [4.69, 9.17) is 39.9 Å². The highest BCUT2D eigenvalue weighted by molar-refractivity contribution is 6.40. The van der Waals surface area contributed by atoms with Crippen LogP contribution in [0.4, 0.5) is 5.69 Å². The fourth-order valence-electron chi connectivity index (χ4n) is 7.02. The van der Waals surface area contributed by atoms with Crippen LogP contribution in [0.5, 0.6) is 0 Å². The van der Waals surface area contributed by atoms with E-state index in [1.807, 2.05) is 35.3 Å². The molecule has 3 aliphatic carbocycles. The Labute approximate surface area is 209 Å². The van der Waals surface area contributed by atoms with Crippen LogP contribution in [0.15, 0.2) is 47.6 Å². The zero-order chi connectivity index (χ0) is 22.7. The van der Waals surface area contributed by atoms with Gasteiger partial charge in [0, 0.05) is 22.0 Å². The first-order valence-electron chi connectivity index (χ1n) is 11.8. The van der Waals surface area contributed by atoms with Crippen molar-refractivity contribution >= 4 is 52.1 Å². The normalized spacial score (nSPS) is 32.2. The lowest BCUT2D eigenvalue weighted by atomic mass is 9.66. The molecule has 4 nitrogen and oxygen atoms in total. The van der Waals surface area contributed by atoms with E-state index in [-0.39, 0.29) is 17.5 Å². The Balaban J connectivity index is 1.31. The number of hydrogen-bond acceptors (Lipinski definition) is 3. The molecule has 6 rings (SSSR count). The van der Waals surface area contributed by atoms with Crippen molar-refractivity contribution < 1.29 is 4.79 Å². The summed E-state index contributed by atoms with van der Waals surface area (Å²) in [7, 11) is 0. The van der Waals surface area contributed by atoms with Gasteiger partial charge in [0.25, 0.3) is 5.91 Å². The SMILES string of the molecule is O=C(NC12CCCC3CC(CC31)C2)C1=NN(c2ccc(Cl)cc2Cl)[C@@H](c2ccc(Cl)cc2)C1. The van der Waals surface area contributed by atoms with Gasteiger partial charge in [0.1, 0.15) is 5.71 Å². The van der Waals surface area contributed by atoms with E-state index >= 15 is 0 Å². The number of nitrogens with zero attached hydrogens (tertiary/aromatic N) is 2. The average molecular weight is 503 g/mol. The van der Waals surface area contributed by atoms with Gasteiger partial charge in [-0.05, 0) is 85.8 Å². The number of hydrazone groups is 1. The van der Waals surface area contributed by atoms with Crippen LogP contribution in [0.3, 0.4) is 0 Å². The highest BCUT2D eigenvalue weighted by atomic mass is 35.5. The fourth-order valence-corrected chi connectivity index (χ4v) is 7.64. The van der Waals surface area contributed by atoms with E-state index in [0.717, 1.165) is 35.9 Å². The van der Waals surface area contributed by atoms with E-state index in [2.05, 4.69) is 5.32 Å². The van der Waals surface area contributed by atoms with Crippen LogP contribution in [0.1, 0.15) is 56.6 Å². The third-order valence-electron chi connectivity index (χ3n) is 8.30. The largest absolute Gasteiger partial charge is 0.345 e. The predicted octanol–water partition coefficient (Wildman–Crippen LogP) is 7.04. The molecule has 172 valence electrons. The third kappa shape index (κ3) is 3.75. The minimum absolute atomic E-state index is 0.0326. The molecule has 1 aliphatic heterocycles. The monoisotopic (exact) mass is 501 g/mol. The van der Waals surface area contributed by atoms with Crippen molar-refractivity contribution in [3.05, 3.63) is 63.1 Å². The van der Waals surface area contributed by atoms with Gasteiger partial charge in [0.05, 0.1) is 16.8 Å². The molecule has 7 heteroatoms. The number of carbonyl (C=O) groups excluding carboxylic acids is 1. The zero-order valence-electron chi connectivity index (χ0n) is 18.2. The molecule has 5 atom stereocenters. The van der Waals surface area contributed by atoms with Crippen LogP contribution in [0.25, 0.3) is 0 Å². The number of nitrogens with one attached hydrogen (secondary N) is 1. The molecule has 1 amide bonds. The van der Waals surface area contributed by atoms with E-state index in [1.54, 1.807) is 12.1 Å². The average Bonchev–Trinajstić information content (AvgIpc) is 3.47. The smallest absolute Gasteiger partial charge is 0.268 e. The van der Waals surface area contributed by atoms with Crippen LogP contribution in [0, 0.1) is 17.8 Å². The second-order valence-electron chi connectivity index (χ2n) is 10.2. The lowest BCUT2D eigenvalue weighted by molar-refractivity contribution is -0.118. The number of amides is 1. The molecule has 2 bridgehead atoms. The van der Waals surface area contributed by atoms with E-state index in [9.17, 15) is 4.79 Å². The Bertz CT molecular complexity index is 1130. The number of carbonyl (C=O) groups is 1. The number of halogens is 3. The van der Waals surface area contributed by atoms with Crippen LogP contribution in [0.2, 0.25) is 15.1 Å². The molecule has 4 aliphatic rings. The van der Waals surface area contributed by atoms with Crippen molar-refractivity contribution in [3.63, 3.8) is 0 Å². The Hall–Kier alpha value is -1.75. The molecule has 0 radical (unpaired) electrons. The maximum atomic E-state index is 13.6. The van der Waals surface area contributed by atoms with Crippen LogP contribution in [-0.4, -0.2) is 17.2 Å². The number of benzene rings is 2. The summed E-state index contributed by atoms with van der Waals surface area (Å²) < 4.78 is 0. The molecule has 33 heavy (non-hydrogen) atoms. The molecule has 0 saturated heterocycles. The third-order valence-corrected chi connectivity index (χ3v) is 9.09. The van der Waals surface area contributed by atoms with Gasteiger partial charge < -0.3 is 5.32 Å². The summed E-state index contributed by atoms with van der Waals surface area (Å²) in [5.74, 6) is 2.16. The summed E-state index contributed by atoms with van der Waals surface area (Å²) in [5.41, 5.74) is 2.29. The highest BCUT2D eigenvalue weighted by Gasteiger charge is 2.57. The summed E-state index contributed by atoms with van der Waals surface area (Å²) in [4.78, 5) is 13.6. The Kier molecular flexibility index (Phi) is 5.39. The highest BCUT2D eigenvalue weighted by Crippen LogP contribution is 2.59. The summed E-state index contributed by atoms with van der Waals surface area (Å²) in [6.45, 7) is 0. The van der Waals surface area contributed by atoms with Gasteiger partial charge in [-0.2, -0.15) is 5.10 Å². The van der Waals surface area contributed by atoms with Gasteiger partial charge in [0.2, 0.25) is 0 Å². The van der Waals surface area contributed by atoms with E-state index < -0.39 is 0 Å². The number of hydrogen-bond donors (Lipinski definition) is 1. The van der Waals surface area contributed by atoms with Crippen molar-refractivity contribution in [2.24, 2.45) is 22.9 Å². The van der Waals surface area contributed by atoms with E-state index in [1.165, 1.54) is 25.7 Å². The molecule has 2 aromatic rings. The quantitative estimate of drug-likeness (QED) is 0.487. The second kappa shape index (κ2) is 8.18. The maximum absolute atomic E-state index is 13.6. The van der Waals surface area contributed by atoms with Crippen molar-refractivity contribution in [1.82, 2.24) is 5.32 Å². The van der Waals surface area contributed by atoms with Gasteiger partial charge in [-0.25, -0.2) is 0 Å². The maximum Gasteiger partial charge on any atom is 0.268 e. The molecule has 3 saturated carbocycles. The van der Waals surface area contributed by atoms with Gasteiger partial charge in [-0.3, -0.25) is 9.80 Å². The number of rotatable bonds is 4. The molecule has 1 N–H and O–H groups in total. The van der Waals surface area contributed by atoms with Gasteiger partial charge >= 0.3 is 0 Å². The van der Waals surface area contributed by atoms with Crippen molar-refractivity contribution in [3.8, 4) is 0 Å². The minimum atomic E-state index is -0.140. The Morgan fingerprint density at radius 3 is 2.61 bits per heavy atom. The van der Waals surface area contributed by atoms with Crippen molar-refractivity contribution in [2.45, 2.75) is 56.5 Å². The Morgan fingerprint density at radius 2 is 1.85 bits per heavy atom. The molecular formula is C26H26Cl3N3O. The Morgan fingerprint density at radius 1 is 1.06 bits per heavy atom. The summed E-state index contributed by atoms with van der Waals surface area (Å²) in [6.07, 6.45) is 7.89. The van der Waals surface area contributed by atoms with Gasteiger partial charge in [-0.15, -0.1) is 0 Å². The fraction of sp³-hybridized carbons (Fsp3) is 0.462.